The minimum absolute atomic E-state index is 0.210. The summed E-state index contributed by atoms with van der Waals surface area (Å²) >= 11 is 6.52. The third-order valence-electron chi connectivity index (χ3n) is 5.68. The molecule has 0 atom stereocenters. The van der Waals surface area contributed by atoms with Crippen LogP contribution in [0.5, 0.6) is 11.5 Å². The number of halogens is 1. The molecule has 9 heteroatoms. The summed E-state index contributed by atoms with van der Waals surface area (Å²) in [5.74, 6) is 0.486. The molecule has 0 radical (unpaired) electrons. The second kappa shape index (κ2) is 11.9. The van der Waals surface area contributed by atoms with E-state index in [1.807, 2.05) is 13.8 Å². The first kappa shape index (κ1) is 27.0. The van der Waals surface area contributed by atoms with Crippen molar-refractivity contribution in [1.29, 1.82) is 0 Å². The lowest BCUT2D eigenvalue weighted by Crippen LogP contribution is -2.41. The van der Waals surface area contributed by atoms with Crippen molar-refractivity contribution in [2.75, 3.05) is 32.6 Å². The van der Waals surface area contributed by atoms with E-state index >= 15 is 0 Å². The van der Waals surface area contributed by atoms with Gasteiger partial charge in [-0.05, 0) is 66.1 Å². The van der Waals surface area contributed by atoms with Gasteiger partial charge in [0, 0.05) is 41.8 Å². The third-order valence-corrected chi connectivity index (χ3v) is 6.05. The second-order valence-electron chi connectivity index (χ2n) is 9.10. The van der Waals surface area contributed by atoms with Gasteiger partial charge < -0.3 is 25.4 Å². The van der Waals surface area contributed by atoms with Gasteiger partial charge in [0.15, 0.2) is 11.5 Å². The van der Waals surface area contributed by atoms with Crippen LogP contribution in [-0.4, -0.2) is 49.0 Å². The molecular formula is C27H31ClN4O4. The minimum Gasteiger partial charge on any atom is -0.493 e. The van der Waals surface area contributed by atoms with Crippen molar-refractivity contribution in [3.05, 3.63) is 82.6 Å². The number of carbonyl (C=O) groups excluding carboxylic acids is 2. The lowest BCUT2D eigenvalue weighted by atomic mass is 9.92. The van der Waals surface area contributed by atoms with E-state index in [1.54, 1.807) is 59.6 Å². The molecule has 3 N–H and O–H groups in total. The SMILES string of the molecule is COc1ccc(C(=O)N(Cc2cc(NC(=O)c3cccnc3)ccc2Cl)CC(C)(C)CN)cc1OC. The van der Waals surface area contributed by atoms with Gasteiger partial charge >= 0.3 is 0 Å². The van der Waals surface area contributed by atoms with Crippen LogP contribution in [0.1, 0.15) is 40.1 Å². The van der Waals surface area contributed by atoms with Crippen LogP contribution in [0.25, 0.3) is 0 Å². The van der Waals surface area contributed by atoms with Gasteiger partial charge in [-0.3, -0.25) is 14.6 Å². The van der Waals surface area contributed by atoms with Crippen molar-refractivity contribution in [1.82, 2.24) is 9.88 Å². The molecule has 3 aromatic rings. The van der Waals surface area contributed by atoms with Crippen molar-refractivity contribution in [2.45, 2.75) is 20.4 Å². The summed E-state index contributed by atoms with van der Waals surface area (Å²) in [5.41, 5.74) is 7.75. The molecule has 2 amide bonds. The van der Waals surface area contributed by atoms with E-state index in [1.165, 1.54) is 20.4 Å². The Kier molecular flexibility index (Phi) is 8.90. The predicted molar refractivity (Wildman–Crippen MR) is 141 cm³/mol. The first-order valence-electron chi connectivity index (χ1n) is 11.4. The molecule has 0 aliphatic carbocycles. The van der Waals surface area contributed by atoms with E-state index in [4.69, 9.17) is 26.8 Å². The van der Waals surface area contributed by atoms with Crippen LogP contribution in [0.3, 0.4) is 0 Å². The number of ether oxygens (including phenoxy) is 2. The Bertz CT molecular complexity index is 1220. The Labute approximate surface area is 216 Å². The van der Waals surface area contributed by atoms with E-state index in [-0.39, 0.29) is 23.8 Å². The molecule has 0 saturated carbocycles. The molecule has 0 fully saturated rings. The Morgan fingerprint density at radius 2 is 1.81 bits per heavy atom. The quantitative estimate of drug-likeness (QED) is 0.412. The standard InChI is InChI=1S/C27H31ClN4O4/c1-27(2,16-29)17-32(26(34)18-7-10-23(35-3)24(13-18)36-4)15-20-12-21(8-9-22(20)28)31-25(33)19-6-5-11-30-14-19/h5-14H,15-17,29H2,1-4H3,(H,31,33). The molecule has 0 spiro atoms. The Morgan fingerprint density at radius 1 is 1.06 bits per heavy atom. The van der Waals surface area contributed by atoms with Gasteiger partial charge in [0.1, 0.15) is 0 Å². The van der Waals surface area contributed by atoms with E-state index < -0.39 is 0 Å². The Morgan fingerprint density at radius 3 is 2.44 bits per heavy atom. The average molecular weight is 511 g/mol. The number of methoxy groups -OCH3 is 2. The van der Waals surface area contributed by atoms with Gasteiger partial charge in [0.2, 0.25) is 0 Å². The van der Waals surface area contributed by atoms with Gasteiger partial charge in [-0.15, -0.1) is 0 Å². The maximum Gasteiger partial charge on any atom is 0.257 e. The van der Waals surface area contributed by atoms with Crippen LogP contribution >= 0.6 is 11.6 Å². The molecule has 0 aliphatic rings. The average Bonchev–Trinajstić information content (AvgIpc) is 2.89. The number of nitrogens with zero attached hydrogens (tertiary/aromatic N) is 2. The molecule has 36 heavy (non-hydrogen) atoms. The number of aromatic nitrogens is 1. The highest BCUT2D eigenvalue weighted by atomic mass is 35.5. The number of pyridine rings is 1. The first-order chi connectivity index (χ1) is 17.2. The van der Waals surface area contributed by atoms with Crippen LogP contribution in [0, 0.1) is 5.41 Å². The normalized spacial score (nSPS) is 11.1. The fourth-order valence-corrected chi connectivity index (χ4v) is 3.79. The molecule has 0 bridgehead atoms. The highest BCUT2D eigenvalue weighted by Gasteiger charge is 2.26. The van der Waals surface area contributed by atoms with Crippen molar-refractivity contribution in [3.63, 3.8) is 0 Å². The minimum atomic E-state index is -0.342. The maximum absolute atomic E-state index is 13.6. The fraction of sp³-hybridized carbons (Fsp3) is 0.296. The third kappa shape index (κ3) is 6.74. The van der Waals surface area contributed by atoms with Crippen LogP contribution < -0.4 is 20.5 Å². The molecule has 0 unspecified atom stereocenters. The van der Waals surface area contributed by atoms with Gasteiger partial charge in [-0.2, -0.15) is 0 Å². The van der Waals surface area contributed by atoms with Crippen molar-refractivity contribution in [2.24, 2.45) is 11.1 Å². The molecule has 0 aliphatic heterocycles. The first-order valence-corrected chi connectivity index (χ1v) is 11.8. The van der Waals surface area contributed by atoms with Crippen molar-refractivity contribution >= 4 is 29.1 Å². The lowest BCUT2D eigenvalue weighted by Gasteiger charge is -2.32. The molecule has 0 saturated heterocycles. The Balaban J connectivity index is 1.90. The highest BCUT2D eigenvalue weighted by Crippen LogP contribution is 2.30. The van der Waals surface area contributed by atoms with E-state index in [9.17, 15) is 9.59 Å². The monoisotopic (exact) mass is 510 g/mol. The number of hydrogen-bond acceptors (Lipinski definition) is 6. The lowest BCUT2D eigenvalue weighted by molar-refractivity contribution is 0.0673. The summed E-state index contributed by atoms with van der Waals surface area (Å²) < 4.78 is 10.7. The number of hydrogen-bond donors (Lipinski definition) is 2. The second-order valence-corrected chi connectivity index (χ2v) is 9.51. The number of carbonyl (C=O) groups is 2. The molecular weight excluding hydrogens is 480 g/mol. The van der Waals surface area contributed by atoms with Crippen LogP contribution in [-0.2, 0) is 6.54 Å². The molecule has 2 aromatic carbocycles. The predicted octanol–water partition coefficient (Wildman–Crippen LogP) is 4.63. The molecule has 1 aromatic heterocycles. The van der Waals surface area contributed by atoms with Crippen molar-refractivity contribution in [3.8, 4) is 11.5 Å². The summed E-state index contributed by atoms with van der Waals surface area (Å²) in [4.78, 5) is 31.9. The Hall–Kier alpha value is -3.62. The zero-order chi connectivity index (χ0) is 26.3. The van der Waals surface area contributed by atoms with E-state index in [0.717, 1.165) is 0 Å². The summed E-state index contributed by atoms with van der Waals surface area (Å²) in [6.07, 6.45) is 3.09. The van der Waals surface area contributed by atoms with Crippen LogP contribution in [0.15, 0.2) is 60.9 Å². The number of rotatable bonds is 10. The van der Waals surface area contributed by atoms with E-state index in [2.05, 4.69) is 10.3 Å². The highest BCUT2D eigenvalue weighted by molar-refractivity contribution is 6.31. The smallest absolute Gasteiger partial charge is 0.257 e. The topological polar surface area (TPSA) is 107 Å². The summed E-state index contributed by atoms with van der Waals surface area (Å²) in [6.45, 7) is 4.98. The molecule has 1 heterocycles. The maximum atomic E-state index is 13.6. The van der Waals surface area contributed by atoms with Gasteiger partial charge in [-0.1, -0.05) is 25.4 Å². The van der Waals surface area contributed by atoms with Crippen LogP contribution in [0.2, 0.25) is 5.02 Å². The van der Waals surface area contributed by atoms with Crippen LogP contribution in [0.4, 0.5) is 5.69 Å². The zero-order valence-corrected chi connectivity index (χ0v) is 21.6. The summed E-state index contributed by atoms with van der Waals surface area (Å²) in [7, 11) is 3.06. The molecule has 8 nitrogen and oxygen atoms in total. The fourth-order valence-electron chi connectivity index (χ4n) is 3.61. The van der Waals surface area contributed by atoms with Gasteiger partial charge in [-0.25, -0.2) is 0 Å². The van der Waals surface area contributed by atoms with Crippen molar-refractivity contribution < 1.29 is 19.1 Å². The number of nitrogens with two attached hydrogens (primary N) is 1. The number of nitrogens with one attached hydrogen (secondary N) is 1. The molecule has 190 valence electrons. The zero-order valence-electron chi connectivity index (χ0n) is 20.9. The van der Waals surface area contributed by atoms with Gasteiger partial charge in [0.25, 0.3) is 11.8 Å². The molecule has 3 rings (SSSR count). The summed E-state index contributed by atoms with van der Waals surface area (Å²) in [6, 6.07) is 13.6. The number of anilines is 1. The van der Waals surface area contributed by atoms with E-state index in [0.29, 0.717) is 52.0 Å². The number of amides is 2. The number of benzene rings is 2. The van der Waals surface area contributed by atoms with Gasteiger partial charge in [0.05, 0.1) is 19.8 Å². The summed E-state index contributed by atoms with van der Waals surface area (Å²) in [5, 5.41) is 3.33. The largest absolute Gasteiger partial charge is 0.493 e.